The fourth-order valence-corrected chi connectivity index (χ4v) is 3.73. The zero-order chi connectivity index (χ0) is 16.2. The molecule has 1 saturated heterocycles. The van der Waals surface area contributed by atoms with Crippen LogP contribution in [0.1, 0.15) is 38.2 Å². The van der Waals surface area contributed by atoms with E-state index < -0.39 is 0 Å². The second-order valence-corrected chi connectivity index (χ2v) is 7.44. The molecule has 1 aromatic rings. The maximum Gasteiger partial charge on any atom is 0.191 e. The highest BCUT2D eigenvalue weighted by molar-refractivity contribution is 14.0. The molecule has 134 valence electrons. The van der Waals surface area contributed by atoms with Gasteiger partial charge in [0.15, 0.2) is 5.96 Å². The average Bonchev–Trinajstić information content (AvgIpc) is 3.04. The van der Waals surface area contributed by atoms with Crippen molar-refractivity contribution in [2.24, 2.45) is 10.4 Å². The van der Waals surface area contributed by atoms with E-state index in [1.54, 1.807) is 0 Å². The van der Waals surface area contributed by atoms with Gasteiger partial charge in [0, 0.05) is 31.0 Å². The number of nitrogens with zero attached hydrogens (tertiary/aromatic N) is 1. The van der Waals surface area contributed by atoms with Crippen LogP contribution in [0.15, 0.2) is 35.3 Å². The van der Waals surface area contributed by atoms with Crippen molar-refractivity contribution in [3.63, 3.8) is 0 Å². The third-order valence-electron chi connectivity index (χ3n) is 5.35. The zero-order valence-electron chi connectivity index (χ0n) is 14.8. The Labute approximate surface area is 162 Å². The van der Waals surface area contributed by atoms with E-state index in [1.165, 1.54) is 31.2 Å². The van der Waals surface area contributed by atoms with Gasteiger partial charge in [0.05, 0.1) is 13.2 Å². The molecule has 24 heavy (non-hydrogen) atoms. The van der Waals surface area contributed by atoms with Gasteiger partial charge in [-0.15, -0.1) is 24.0 Å². The summed E-state index contributed by atoms with van der Waals surface area (Å²) in [4.78, 5) is 4.39. The molecular formula is C19H30IN3O. The van der Waals surface area contributed by atoms with E-state index in [-0.39, 0.29) is 34.8 Å². The van der Waals surface area contributed by atoms with E-state index in [4.69, 9.17) is 4.74 Å². The molecule has 0 atom stereocenters. The fourth-order valence-electron chi connectivity index (χ4n) is 3.73. The first-order valence-corrected chi connectivity index (χ1v) is 8.74. The summed E-state index contributed by atoms with van der Waals surface area (Å²) < 4.78 is 5.32. The van der Waals surface area contributed by atoms with Crippen LogP contribution in [0.5, 0.6) is 0 Å². The van der Waals surface area contributed by atoms with Gasteiger partial charge in [-0.1, -0.05) is 50.1 Å². The normalized spacial score (nSPS) is 21.5. The van der Waals surface area contributed by atoms with Crippen molar-refractivity contribution in [2.75, 3.05) is 33.4 Å². The summed E-state index contributed by atoms with van der Waals surface area (Å²) in [6.07, 6.45) is 5.15. The maximum atomic E-state index is 5.32. The predicted molar refractivity (Wildman–Crippen MR) is 110 cm³/mol. The van der Waals surface area contributed by atoms with E-state index in [0.717, 1.165) is 32.3 Å². The Kier molecular flexibility index (Phi) is 6.92. The summed E-state index contributed by atoms with van der Waals surface area (Å²) >= 11 is 0. The van der Waals surface area contributed by atoms with Crippen LogP contribution < -0.4 is 10.6 Å². The third kappa shape index (κ3) is 4.42. The van der Waals surface area contributed by atoms with Gasteiger partial charge in [0.2, 0.25) is 0 Å². The van der Waals surface area contributed by atoms with Crippen molar-refractivity contribution in [1.29, 1.82) is 0 Å². The van der Waals surface area contributed by atoms with Crippen LogP contribution in [0.3, 0.4) is 0 Å². The Bertz CT molecular complexity index is 537. The highest BCUT2D eigenvalue weighted by Gasteiger charge is 2.36. The monoisotopic (exact) mass is 443 g/mol. The van der Waals surface area contributed by atoms with Gasteiger partial charge in [0.25, 0.3) is 0 Å². The number of nitrogens with one attached hydrogen (secondary N) is 2. The summed E-state index contributed by atoms with van der Waals surface area (Å²) in [6.45, 7) is 5.78. The second kappa shape index (κ2) is 8.52. The molecule has 0 bridgehead atoms. The van der Waals surface area contributed by atoms with E-state index in [9.17, 15) is 0 Å². The van der Waals surface area contributed by atoms with Gasteiger partial charge in [-0.2, -0.15) is 0 Å². The first-order valence-electron chi connectivity index (χ1n) is 8.74. The zero-order valence-corrected chi connectivity index (χ0v) is 17.1. The molecule has 1 aliphatic heterocycles. The molecule has 0 spiro atoms. The molecule has 2 aliphatic rings. The van der Waals surface area contributed by atoms with Crippen LogP contribution in [0, 0.1) is 5.41 Å². The highest BCUT2D eigenvalue weighted by atomic mass is 127. The lowest BCUT2D eigenvalue weighted by atomic mass is 9.79. The van der Waals surface area contributed by atoms with Crippen molar-refractivity contribution in [3.05, 3.63) is 35.9 Å². The number of benzene rings is 1. The molecule has 0 unspecified atom stereocenters. The van der Waals surface area contributed by atoms with Gasteiger partial charge in [-0.05, 0) is 18.4 Å². The Morgan fingerprint density at radius 2 is 1.71 bits per heavy atom. The van der Waals surface area contributed by atoms with Crippen LogP contribution in [-0.4, -0.2) is 39.3 Å². The molecule has 2 fully saturated rings. The van der Waals surface area contributed by atoms with Crippen molar-refractivity contribution < 1.29 is 4.74 Å². The minimum absolute atomic E-state index is 0. The number of hydrogen-bond acceptors (Lipinski definition) is 2. The summed E-state index contributed by atoms with van der Waals surface area (Å²) in [5.74, 6) is 0.903. The molecule has 5 heteroatoms. The maximum absolute atomic E-state index is 5.32. The quantitative estimate of drug-likeness (QED) is 0.417. The SMILES string of the molecule is CN=C(NCC1(C)COC1)NCC1(c2ccccc2)CCCC1.I. The summed E-state index contributed by atoms with van der Waals surface area (Å²) in [7, 11) is 1.85. The first kappa shape index (κ1) is 19.5. The lowest BCUT2D eigenvalue weighted by molar-refractivity contribution is -0.0971. The Balaban J connectivity index is 0.00000208. The lowest BCUT2D eigenvalue weighted by Crippen LogP contribution is -2.52. The number of aliphatic imine (C=N–C) groups is 1. The van der Waals surface area contributed by atoms with E-state index in [2.05, 4.69) is 52.9 Å². The van der Waals surface area contributed by atoms with Crippen LogP contribution in [0.2, 0.25) is 0 Å². The molecule has 1 aliphatic carbocycles. The Morgan fingerprint density at radius 3 is 2.25 bits per heavy atom. The molecule has 1 heterocycles. The van der Waals surface area contributed by atoms with Gasteiger partial charge < -0.3 is 15.4 Å². The topological polar surface area (TPSA) is 45.7 Å². The van der Waals surface area contributed by atoms with Crippen LogP contribution >= 0.6 is 24.0 Å². The fraction of sp³-hybridized carbons (Fsp3) is 0.632. The third-order valence-corrected chi connectivity index (χ3v) is 5.35. The number of hydrogen-bond donors (Lipinski definition) is 2. The van der Waals surface area contributed by atoms with Gasteiger partial charge in [-0.3, -0.25) is 4.99 Å². The molecule has 0 amide bonds. The average molecular weight is 443 g/mol. The second-order valence-electron chi connectivity index (χ2n) is 7.44. The van der Waals surface area contributed by atoms with E-state index in [0.29, 0.717) is 0 Å². The van der Waals surface area contributed by atoms with Gasteiger partial charge in [0.1, 0.15) is 0 Å². The molecule has 3 rings (SSSR count). The van der Waals surface area contributed by atoms with Crippen molar-refractivity contribution >= 4 is 29.9 Å². The van der Waals surface area contributed by atoms with Crippen LogP contribution in [0.4, 0.5) is 0 Å². The minimum Gasteiger partial charge on any atom is -0.380 e. The highest BCUT2D eigenvalue weighted by Crippen LogP contribution is 2.40. The van der Waals surface area contributed by atoms with Crippen molar-refractivity contribution in [2.45, 2.75) is 38.0 Å². The molecule has 1 aromatic carbocycles. The minimum atomic E-state index is 0. The number of ether oxygens (including phenoxy) is 1. The van der Waals surface area contributed by atoms with E-state index >= 15 is 0 Å². The standard InChI is InChI=1S/C19H29N3O.HI/c1-18(14-23-15-18)12-21-17(20-2)22-13-19(10-6-7-11-19)16-8-4-3-5-9-16;/h3-5,8-9H,6-7,10-15H2,1-2H3,(H2,20,21,22);1H. The molecule has 1 saturated carbocycles. The Morgan fingerprint density at radius 1 is 1.08 bits per heavy atom. The number of halogens is 1. The largest absolute Gasteiger partial charge is 0.380 e. The Hall–Kier alpha value is -0.820. The summed E-state index contributed by atoms with van der Waals surface area (Å²) in [6, 6.07) is 11.0. The van der Waals surface area contributed by atoms with Crippen LogP contribution in [-0.2, 0) is 10.2 Å². The smallest absolute Gasteiger partial charge is 0.191 e. The number of guanidine groups is 1. The molecule has 4 nitrogen and oxygen atoms in total. The predicted octanol–water partition coefficient (Wildman–Crippen LogP) is 3.32. The molecule has 2 N–H and O–H groups in total. The van der Waals surface area contributed by atoms with Gasteiger partial charge >= 0.3 is 0 Å². The molecule has 0 radical (unpaired) electrons. The van der Waals surface area contributed by atoms with Crippen LogP contribution in [0.25, 0.3) is 0 Å². The lowest BCUT2D eigenvalue weighted by Gasteiger charge is -2.38. The summed E-state index contributed by atoms with van der Waals surface area (Å²) in [5.41, 5.74) is 1.96. The summed E-state index contributed by atoms with van der Waals surface area (Å²) in [5, 5.41) is 7.03. The van der Waals surface area contributed by atoms with Crippen molar-refractivity contribution in [3.8, 4) is 0 Å². The van der Waals surface area contributed by atoms with Gasteiger partial charge in [-0.25, -0.2) is 0 Å². The van der Waals surface area contributed by atoms with Crippen molar-refractivity contribution in [1.82, 2.24) is 10.6 Å². The number of rotatable bonds is 5. The molecular weight excluding hydrogens is 413 g/mol. The molecule has 0 aromatic heterocycles. The van der Waals surface area contributed by atoms with E-state index in [1.807, 2.05) is 7.05 Å². The first-order chi connectivity index (χ1) is 11.2.